The van der Waals surface area contributed by atoms with Gasteiger partial charge in [-0.25, -0.2) is 4.39 Å². The summed E-state index contributed by atoms with van der Waals surface area (Å²) in [5.41, 5.74) is 0.713. The van der Waals surface area contributed by atoms with Crippen LogP contribution < -0.4 is 0 Å². The second kappa shape index (κ2) is 7.72. The lowest BCUT2D eigenvalue weighted by atomic mass is 9.96. The quantitative estimate of drug-likeness (QED) is 0.835. The average molecular weight is 283 g/mol. The van der Waals surface area contributed by atoms with Crippen molar-refractivity contribution in [1.29, 1.82) is 0 Å². The summed E-state index contributed by atoms with van der Waals surface area (Å²) in [6, 6.07) is 6.52. The van der Waals surface area contributed by atoms with Gasteiger partial charge in [0.25, 0.3) is 0 Å². The van der Waals surface area contributed by atoms with Gasteiger partial charge in [-0.05, 0) is 18.5 Å². The van der Waals surface area contributed by atoms with Crippen molar-refractivity contribution in [2.24, 2.45) is 5.41 Å². The zero-order chi connectivity index (χ0) is 15.2. The maximum absolute atomic E-state index is 13.4. The van der Waals surface area contributed by atoms with Crippen LogP contribution in [0.5, 0.6) is 0 Å². The Morgan fingerprint density at radius 3 is 2.55 bits per heavy atom. The van der Waals surface area contributed by atoms with Gasteiger partial charge in [0, 0.05) is 18.7 Å². The van der Waals surface area contributed by atoms with Gasteiger partial charge in [-0.1, -0.05) is 39.0 Å². The third kappa shape index (κ3) is 6.98. The van der Waals surface area contributed by atoms with E-state index in [0.717, 1.165) is 6.54 Å². The Bertz CT molecular complexity index is 404. The summed E-state index contributed by atoms with van der Waals surface area (Å²) in [5.74, 6) is -0.271. The van der Waals surface area contributed by atoms with Crippen LogP contribution in [0.25, 0.3) is 0 Å². The van der Waals surface area contributed by atoms with Crippen LogP contribution in [0.1, 0.15) is 26.3 Å². The maximum Gasteiger partial charge on any atom is 0.128 e. The van der Waals surface area contributed by atoms with Gasteiger partial charge >= 0.3 is 0 Å². The normalized spacial score (nSPS) is 13.8. The molecule has 4 heteroatoms. The molecule has 20 heavy (non-hydrogen) atoms. The Morgan fingerprint density at radius 2 is 1.95 bits per heavy atom. The van der Waals surface area contributed by atoms with Gasteiger partial charge in [-0.2, -0.15) is 0 Å². The van der Waals surface area contributed by atoms with Crippen molar-refractivity contribution in [3.63, 3.8) is 0 Å². The van der Waals surface area contributed by atoms with Crippen LogP contribution >= 0.6 is 0 Å². The summed E-state index contributed by atoms with van der Waals surface area (Å²) < 4.78 is 18.7. The van der Waals surface area contributed by atoms with Crippen LogP contribution in [-0.2, 0) is 11.3 Å². The molecule has 1 unspecified atom stereocenters. The van der Waals surface area contributed by atoms with Gasteiger partial charge in [-0.3, -0.25) is 0 Å². The molecule has 0 radical (unpaired) electrons. The Hall–Kier alpha value is -0.970. The molecule has 0 fully saturated rings. The predicted octanol–water partition coefficient (Wildman–Crippen LogP) is 2.68. The summed E-state index contributed by atoms with van der Waals surface area (Å²) in [4.78, 5) is 2.08. The minimum atomic E-state index is -0.561. The molecule has 0 heterocycles. The molecule has 3 nitrogen and oxygen atoms in total. The summed E-state index contributed by atoms with van der Waals surface area (Å²) in [5, 5.41) is 9.90. The third-order valence-corrected chi connectivity index (χ3v) is 2.79. The van der Waals surface area contributed by atoms with E-state index >= 15 is 0 Å². The molecule has 0 saturated carbocycles. The van der Waals surface area contributed by atoms with Crippen LogP contribution in [-0.4, -0.2) is 42.9 Å². The smallest absolute Gasteiger partial charge is 0.128 e. The topological polar surface area (TPSA) is 32.7 Å². The molecule has 0 spiro atoms. The number of benzene rings is 1. The highest BCUT2D eigenvalue weighted by Crippen LogP contribution is 2.14. The van der Waals surface area contributed by atoms with Gasteiger partial charge in [0.2, 0.25) is 0 Å². The molecule has 0 aliphatic carbocycles. The maximum atomic E-state index is 13.4. The molecule has 0 bridgehead atoms. The van der Waals surface area contributed by atoms with E-state index in [0.29, 0.717) is 12.1 Å². The first-order valence-electron chi connectivity index (χ1n) is 6.96. The van der Waals surface area contributed by atoms with E-state index < -0.39 is 6.10 Å². The highest BCUT2D eigenvalue weighted by molar-refractivity contribution is 5.16. The van der Waals surface area contributed by atoms with Crippen molar-refractivity contribution in [3.8, 4) is 0 Å². The van der Waals surface area contributed by atoms with Crippen LogP contribution in [0, 0.1) is 11.2 Å². The number of hydrogen-bond acceptors (Lipinski definition) is 3. The second-order valence-corrected chi connectivity index (χ2v) is 6.52. The van der Waals surface area contributed by atoms with E-state index in [1.54, 1.807) is 18.2 Å². The lowest BCUT2D eigenvalue weighted by Crippen LogP contribution is -2.37. The SMILES string of the molecule is CN(CC(O)COCc1ccccc1F)CC(C)(C)C. The molecule has 1 aromatic carbocycles. The molecule has 0 aliphatic heterocycles. The number of nitrogens with zero attached hydrogens (tertiary/aromatic N) is 1. The lowest BCUT2D eigenvalue weighted by molar-refractivity contribution is 0.00911. The van der Waals surface area contributed by atoms with Crippen LogP contribution in [0.3, 0.4) is 0 Å². The first kappa shape index (κ1) is 17.1. The van der Waals surface area contributed by atoms with Crippen LogP contribution in [0.15, 0.2) is 24.3 Å². The molecule has 0 saturated heterocycles. The van der Waals surface area contributed by atoms with E-state index in [2.05, 4.69) is 25.7 Å². The second-order valence-electron chi connectivity index (χ2n) is 6.52. The van der Waals surface area contributed by atoms with Crippen molar-refractivity contribution in [1.82, 2.24) is 4.90 Å². The fourth-order valence-corrected chi connectivity index (χ4v) is 2.21. The number of halogens is 1. The number of likely N-dealkylation sites (N-methyl/N-ethyl adjacent to an activating group) is 1. The molecule has 1 aromatic rings. The molecule has 1 N–H and O–H groups in total. The lowest BCUT2D eigenvalue weighted by Gasteiger charge is -2.28. The van der Waals surface area contributed by atoms with E-state index in [1.807, 2.05) is 7.05 Å². The number of ether oxygens (including phenoxy) is 1. The molecule has 1 rings (SSSR count). The minimum Gasteiger partial charge on any atom is -0.389 e. The molecule has 0 amide bonds. The third-order valence-electron chi connectivity index (χ3n) is 2.79. The Morgan fingerprint density at radius 1 is 1.30 bits per heavy atom. The van der Waals surface area contributed by atoms with E-state index in [-0.39, 0.29) is 24.4 Å². The van der Waals surface area contributed by atoms with Crippen LogP contribution in [0.2, 0.25) is 0 Å². The highest BCUT2D eigenvalue weighted by Gasteiger charge is 2.16. The standard InChI is InChI=1S/C16H26FNO2/c1-16(2,3)12-18(4)9-14(19)11-20-10-13-7-5-6-8-15(13)17/h5-8,14,19H,9-12H2,1-4H3. The van der Waals surface area contributed by atoms with Gasteiger partial charge in [-0.15, -0.1) is 0 Å². The Balaban J connectivity index is 2.27. The van der Waals surface area contributed by atoms with Crippen molar-refractivity contribution in [2.45, 2.75) is 33.5 Å². The van der Waals surface area contributed by atoms with Gasteiger partial charge in [0.1, 0.15) is 5.82 Å². The minimum absolute atomic E-state index is 0.187. The first-order chi connectivity index (χ1) is 9.28. The van der Waals surface area contributed by atoms with Crippen molar-refractivity contribution < 1.29 is 14.2 Å². The summed E-state index contributed by atoms with van der Waals surface area (Å²) in [6.45, 7) is 8.32. The molecule has 114 valence electrons. The number of aliphatic hydroxyl groups is 1. The van der Waals surface area contributed by atoms with E-state index in [1.165, 1.54) is 6.07 Å². The van der Waals surface area contributed by atoms with Gasteiger partial charge in [0.05, 0.1) is 19.3 Å². The fraction of sp³-hybridized carbons (Fsp3) is 0.625. The fourth-order valence-electron chi connectivity index (χ4n) is 2.21. The summed E-state index contributed by atoms with van der Waals surface area (Å²) in [7, 11) is 1.98. The largest absolute Gasteiger partial charge is 0.389 e. The van der Waals surface area contributed by atoms with Crippen molar-refractivity contribution >= 4 is 0 Å². The van der Waals surface area contributed by atoms with Crippen molar-refractivity contribution in [3.05, 3.63) is 35.6 Å². The van der Waals surface area contributed by atoms with Gasteiger partial charge in [0.15, 0.2) is 0 Å². The first-order valence-corrected chi connectivity index (χ1v) is 6.96. The Labute approximate surface area is 121 Å². The van der Waals surface area contributed by atoms with Gasteiger partial charge < -0.3 is 14.7 Å². The van der Waals surface area contributed by atoms with E-state index in [4.69, 9.17) is 4.74 Å². The van der Waals surface area contributed by atoms with E-state index in [9.17, 15) is 9.50 Å². The Kier molecular flexibility index (Phi) is 6.59. The monoisotopic (exact) mass is 283 g/mol. The molecular formula is C16H26FNO2. The zero-order valence-corrected chi connectivity index (χ0v) is 12.9. The highest BCUT2D eigenvalue weighted by atomic mass is 19.1. The average Bonchev–Trinajstić information content (AvgIpc) is 2.28. The molecule has 0 aromatic heterocycles. The summed E-state index contributed by atoms with van der Waals surface area (Å²) >= 11 is 0. The zero-order valence-electron chi connectivity index (χ0n) is 12.9. The number of rotatable bonds is 7. The van der Waals surface area contributed by atoms with Crippen molar-refractivity contribution in [2.75, 3.05) is 26.7 Å². The molecular weight excluding hydrogens is 257 g/mol. The molecule has 1 atom stereocenters. The number of aliphatic hydroxyl groups excluding tert-OH is 1. The molecule has 0 aliphatic rings. The summed E-state index contributed by atoms with van der Waals surface area (Å²) in [6.07, 6.45) is -0.561. The van der Waals surface area contributed by atoms with Crippen LogP contribution in [0.4, 0.5) is 4.39 Å². The predicted molar refractivity (Wildman–Crippen MR) is 79.0 cm³/mol. The number of hydrogen-bond donors (Lipinski definition) is 1.